The Morgan fingerprint density at radius 1 is 0.941 bits per heavy atom. The molecule has 2 aromatic carbocycles. The summed E-state index contributed by atoms with van der Waals surface area (Å²) in [6, 6.07) is 15.4. The van der Waals surface area contributed by atoms with Crippen LogP contribution in [-0.2, 0) is 0 Å². The summed E-state index contributed by atoms with van der Waals surface area (Å²) < 4.78 is 40.9. The molecular formula is C24H18F3N5O2. The second kappa shape index (κ2) is 9.57. The predicted molar refractivity (Wildman–Crippen MR) is 120 cm³/mol. The molecule has 172 valence electrons. The van der Waals surface area contributed by atoms with Gasteiger partial charge in [-0.15, -0.1) is 13.2 Å². The molecule has 1 amide bonds. The van der Waals surface area contributed by atoms with Gasteiger partial charge in [0.2, 0.25) is 5.95 Å². The van der Waals surface area contributed by atoms with Crippen LogP contribution in [0.5, 0.6) is 5.75 Å². The third kappa shape index (κ3) is 5.47. The lowest BCUT2D eigenvalue weighted by atomic mass is 10.1. The summed E-state index contributed by atoms with van der Waals surface area (Å²) in [5.74, 6) is -0.460. The summed E-state index contributed by atoms with van der Waals surface area (Å²) in [6.45, 7) is 1.91. The van der Waals surface area contributed by atoms with E-state index in [9.17, 15) is 18.0 Å². The number of rotatable bonds is 6. The van der Waals surface area contributed by atoms with Crippen molar-refractivity contribution >= 4 is 28.9 Å². The van der Waals surface area contributed by atoms with Crippen LogP contribution in [0.3, 0.4) is 0 Å². The molecular weight excluding hydrogens is 447 g/mol. The molecule has 2 heterocycles. The highest BCUT2D eigenvalue weighted by molar-refractivity contribution is 6.04. The van der Waals surface area contributed by atoms with Gasteiger partial charge in [0.05, 0.1) is 11.4 Å². The lowest BCUT2D eigenvalue weighted by Gasteiger charge is -2.25. The van der Waals surface area contributed by atoms with Crippen molar-refractivity contribution in [3.63, 3.8) is 0 Å². The Morgan fingerprint density at radius 2 is 1.62 bits per heavy atom. The number of carbonyl (C=O) groups excluding carboxylic acids is 1. The Labute approximate surface area is 192 Å². The first kappa shape index (κ1) is 22.7. The zero-order valence-electron chi connectivity index (χ0n) is 17.8. The Hall–Kier alpha value is -4.47. The van der Waals surface area contributed by atoms with E-state index in [1.165, 1.54) is 12.1 Å². The van der Waals surface area contributed by atoms with Crippen molar-refractivity contribution in [1.29, 1.82) is 0 Å². The number of amides is 1. The van der Waals surface area contributed by atoms with Gasteiger partial charge < -0.3 is 10.1 Å². The average molecular weight is 465 g/mol. The molecule has 0 aliphatic heterocycles. The highest BCUT2D eigenvalue weighted by atomic mass is 19.4. The average Bonchev–Trinajstić information content (AvgIpc) is 2.82. The molecule has 0 unspecified atom stereocenters. The van der Waals surface area contributed by atoms with E-state index in [4.69, 9.17) is 0 Å². The summed E-state index contributed by atoms with van der Waals surface area (Å²) in [5, 5.41) is 2.77. The van der Waals surface area contributed by atoms with E-state index in [1.54, 1.807) is 43.0 Å². The SMILES string of the molecule is Cc1ccc(NC(=O)c2ccc(OC(F)(F)F)cc2)cc1N(c1ccncc1)c1ncccn1. The van der Waals surface area contributed by atoms with Gasteiger partial charge in [-0.05, 0) is 67.1 Å². The number of hydrogen-bond donors (Lipinski definition) is 1. The molecule has 2 aromatic heterocycles. The normalized spacial score (nSPS) is 11.1. The fourth-order valence-corrected chi connectivity index (χ4v) is 3.20. The molecule has 0 atom stereocenters. The van der Waals surface area contributed by atoms with Gasteiger partial charge in [0.15, 0.2) is 0 Å². The van der Waals surface area contributed by atoms with Gasteiger partial charge in [-0.1, -0.05) is 6.07 Å². The van der Waals surface area contributed by atoms with Crippen molar-refractivity contribution in [3.8, 4) is 5.75 Å². The number of pyridine rings is 1. The van der Waals surface area contributed by atoms with E-state index >= 15 is 0 Å². The molecule has 7 nitrogen and oxygen atoms in total. The number of ether oxygens (including phenoxy) is 1. The summed E-state index contributed by atoms with van der Waals surface area (Å²) >= 11 is 0. The first-order valence-corrected chi connectivity index (χ1v) is 10.1. The van der Waals surface area contributed by atoms with E-state index < -0.39 is 18.0 Å². The van der Waals surface area contributed by atoms with Crippen LogP contribution in [0.15, 0.2) is 85.5 Å². The molecule has 0 saturated heterocycles. The maximum absolute atomic E-state index is 12.7. The third-order valence-electron chi connectivity index (χ3n) is 4.73. The van der Waals surface area contributed by atoms with Crippen molar-refractivity contribution in [1.82, 2.24) is 15.0 Å². The number of hydrogen-bond acceptors (Lipinski definition) is 6. The van der Waals surface area contributed by atoms with Gasteiger partial charge in [0, 0.05) is 36.0 Å². The van der Waals surface area contributed by atoms with E-state index in [0.717, 1.165) is 29.1 Å². The van der Waals surface area contributed by atoms with E-state index in [1.807, 2.05) is 30.0 Å². The molecule has 0 fully saturated rings. The molecule has 34 heavy (non-hydrogen) atoms. The quantitative estimate of drug-likeness (QED) is 0.388. The summed E-state index contributed by atoms with van der Waals surface area (Å²) in [4.78, 5) is 27.3. The first-order valence-electron chi connectivity index (χ1n) is 10.1. The van der Waals surface area contributed by atoms with Gasteiger partial charge in [-0.2, -0.15) is 0 Å². The summed E-state index contributed by atoms with van der Waals surface area (Å²) in [6.07, 6.45) is 1.76. The van der Waals surface area contributed by atoms with Crippen molar-refractivity contribution in [2.45, 2.75) is 13.3 Å². The maximum atomic E-state index is 12.7. The van der Waals surface area contributed by atoms with Gasteiger partial charge >= 0.3 is 6.36 Å². The van der Waals surface area contributed by atoms with Gasteiger partial charge in [0.1, 0.15) is 5.75 Å². The minimum absolute atomic E-state index is 0.175. The van der Waals surface area contributed by atoms with Gasteiger partial charge in [-0.3, -0.25) is 14.7 Å². The number of benzene rings is 2. The van der Waals surface area contributed by atoms with Crippen molar-refractivity contribution < 1.29 is 22.7 Å². The molecule has 0 radical (unpaired) electrons. The Morgan fingerprint density at radius 3 is 2.26 bits per heavy atom. The predicted octanol–water partition coefficient (Wildman–Crippen LogP) is 5.80. The van der Waals surface area contributed by atoms with Crippen LogP contribution in [0, 0.1) is 6.92 Å². The molecule has 0 spiro atoms. The number of aryl methyl sites for hydroxylation is 1. The zero-order valence-corrected chi connectivity index (χ0v) is 17.8. The van der Waals surface area contributed by atoms with Crippen molar-refractivity contribution in [3.05, 3.63) is 96.6 Å². The topological polar surface area (TPSA) is 80.2 Å². The lowest BCUT2D eigenvalue weighted by molar-refractivity contribution is -0.274. The standard InChI is InChI=1S/C24H18F3N5O2/c1-16-3-6-18(31-22(33)17-4-7-20(8-5-17)34-24(25,26)27)15-21(16)32(19-9-13-28-14-10-19)23-29-11-2-12-30-23/h2-15H,1H3,(H,31,33). The number of nitrogens with zero attached hydrogens (tertiary/aromatic N) is 4. The minimum atomic E-state index is -4.80. The monoisotopic (exact) mass is 465 g/mol. The number of carbonyl (C=O) groups is 1. The molecule has 4 aromatic rings. The zero-order chi connectivity index (χ0) is 24.1. The van der Waals surface area contributed by atoms with Gasteiger partial charge in [0.25, 0.3) is 5.91 Å². The molecule has 0 aliphatic rings. The largest absolute Gasteiger partial charge is 0.573 e. The molecule has 0 bridgehead atoms. The fraction of sp³-hybridized carbons (Fsp3) is 0.0833. The van der Waals surface area contributed by atoms with Crippen LogP contribution in [-0.4, -0.2) is 27.2 Å². The number of halogens is 3. The van der Waals surface area contributed by atoms with Crippen molar-refractivity contribution in [2.24, 2.45) is 0 Å². The number of nitrogens with one attached hydrogen (secondary N) is 1. The summed E-state index contributed by atoms with van der Waals surface area (Å²) in [5.41, 5.74) is 3.05. The van der Waals surface area contributed by atoms with Gasteiger partial charge in [-0.25, -0.2) is 9.97 Å². The smallest absolute Gasteiger partial charge is 0.406 e. The lowest BCUT2D eigenvalue weighted by Crippen LogP contribution is -2.17. The second-order valence-electron chi connectivity index (χ2n) is 7.12. The van der Waals surface area contributed by atoms with E-state index in [2.05, 4.69) is 25.0 Å². The molecule has 4 rings (SSSR count). The number of alkyl halides is 3. The van der Waals surface area contributed by atoms with E-state index in [0.29, 0.717) is 11.6 Å². The highest BCUT2D eigenvalue weighted by Gasteiger charge is 2.31. The highest BCUT2D eigenvalue weighted by Crippen LogP contribution is 2.35. The Bertz CT molecular complexity index is 1230. The van der Waals surface area contributed by atoms with Crippen LogP contribution < -0.4 is 15.0 Å². The third-order valence-corrected chi connectivity index (χ3v) is 4.73. The Balaban J connectivity index is 1.62. The van der Waals surface area contributed by atoms with Crippen LogP contribution in [0.2, 0.25) is 0 Å². The van der Waals surface area contributed by atoms with Crippen LogP contribution in [0.1, 0.15) is 15.9 Å². The maximum Gasteiger partial charge on any atom is 0.573 e. The number of anilines is 4. The van der Waals surface area contributed by atoms with Crippen molar-refractivity contribution in [2.75, 3.05) is 10.2 Å². The molecule has 0 saturated carbocycles. The molecule has 10 heteroatoms. The Kier molecular flexibility index (Phi) is 6.39. The summed E-state index contributed by atoms with van der Waals surface area (Å²) in [7, 11) is 0. The first-order chi connectivity index (χ1) is 16.3. The van der Waals surface area contributed by atoms with Crippen LogP contribution >= 0.6 is 0 Å². The fourth-order valence-electron chi connectivity index (χ4n) is 3.20. The van der Waals surface area contributed by atoms with Crippen LogP contribution in [0.25, 0.3) is 0 Å². The van der Waals surface area contributed by atoms with Crippen LogP contribution in [0.4, 0.5) is 36.2 Å². The molecule has 0 aliphatic carbocycles. The number of aromatic nitrogens is 3. The molecule has 1 N–H and O–H groups in total. The minimum Gasteiger partial charge on any atom is -0.406 e. The van der Waals surface area contributed by atoms with E-state index in [-0.39, 0.29) is 5.56 Å². The second-order valence-corrected chi connectivity index (χ2v) is 7.12.